The number of benzene rings is 1. The van der Waals surface area contributed by atoms with E-state index in [1.165, 1.54) is 0 Å². The normalized spacial score (nSPS) is 15.1. The van der Waals surface area contributed by atoms with Gasteiger partial charge < -0.3 is 28.4 Å². The fourth-order valence-corrected chi connectivity index (χ4v) is 3.88. The lowest BCUT2D eigenvalue weighted by Crippen LogP contribution is -2.13. The highest BCUT2D eigenvalue weighted by molar-refractivity contribution is 5.64. The second-order valence-electron chi connectivity index (χ2n) is 8.61. The first kappa shape index (κ1) is 26.6. The van der Waals surface area contributed by atoms with Crippen molar-refractivity contribution in [2.45, 2.75) is 6.61 Å². The van der Waals surface area contributed by atoms with Gasteiger partial charge in [-0.25, -0.2) is 4.98 Å². The van der Waals surface area contributed by atoms with Crippen LogP contribution in [0.15, 0.2) is 79.1 Å². The fourth-order valence-electron chi connectivity index (χ4n) is 3.88. The quantitative estimate of drug-likeness (QED) is 0.367. The Labute approximate surface area is 227 Å². The van der Waals surface area contributed by atoms with E-state index < -0.39 is 0 Å². The number of rotatable bonds is 5. The van der Waals surface area contributed by atoms with E-state index in [-0.39, 0.29) is 0 Å². The minimum absolute atomic E-state index is 0.320. The van der Waals surface area contributed by atoms with Gasteiger partial charge in [0.2, 0.25) is 0 Å². The lowest BCUT2D eigenvalue weighted by molar-refractivity contribution is 0.00708. The summed E-state index contributed by atoms with van der Waals surface area (Å²) in [5.41, 5.74) is 3.85. The molecule has 0 aliphatic carbocycles. The summed E-state index contributed by atoms with van der Waals surface area (Å²) in [5.74, 6) is 1.93. The molecule has 0 unspecified atom stereocenters. The van der Waals surface area contributed by atoms with Crippen LogP contribution >= 0.6 is 0 Å². The van der Waals surface area contributed by atoms with Crippen LogP contribution in [0.25, 0.3) is 22.8 Å². The van der Waals surface area contributed by atoms with Gasteiger partial charge in [0.1, 0.15) is 25.6 Å². The van der Waals surface area contributed by atoms with Crippen molar-refractivity contribution >= 4 is 0 Å². The monoisotopic (exact) mass is 529 g/mol. The van der Waals surface area contributed by atoms with Crippen LogP contribution in [0, 0.1) is 0 Å². The number of nitrogens with zero attached hydrogens (tertiary/aromatic N) is 3. The third kappa shape index (κ3) is 7.97. The smallest absolute Gasteiger partial charge is 0.161 e. The third-order valence-electron chi connectivity index (χ3n) is 5.78. The zero-order valence-corrected chi connectivity index (χ0v) is 21.7. The van der Waals surface area contributed by atoms with Crippen LogP contribution in [0.5, 0.6) is 17.2 Å². The zero-order chi connectivity index (χ0) is 26.5. The first-order chi connectivity index (χ1) is 19.3. The summed E-state index contributed by atoms with van der Waals surface area (Å²) in [4.78, 5) is 13.7. The van der Waals surface area contributed by atoms with Gasteiger partial charge in [0.15, 0.2) is 11.5 Å². The van der Waals surface area contributed by atoms with Gasteiger partial charge in [-0.05, 0) is 42.0 Å². The van der Waals surface area contributed by atoms with E-state index in [0.29, 0.717) is 88.1 Å². The Morgan fingerprint density at radius 2 is 1.13 bits per heavy atom. The van der Waals surface area contributed by atoms with Crippen LogP contribution in [0.3, 0.4) is 0 Å². The molecule has 5 rings (SSSR count). The Morgan fingerprint density at radius 1 is 0.564 bits per heavy atom. The number of hydrogen-bond acceptors (Lipinski definition) is 9. The van der Waals surface area contributed by atoms with Crippen molar-refractivity contribution in [2.24, 2.45) is 0 Å². The van der Waals surface area contributed by atoms with Crippen molar-refractivity contribution in [1.29, 1.82) is 0 Å². The second-order valence-corrected chi connectivity index (χ2v) is 8.61. The molecule has 0 N–H and O–H groups in total. The topological polar surface area (TPSA) is 94.1 Å². The molecule has 4 heterocycles. The highest BCUT2D eigenvalue weighted by Crippen LogP contribution is 2.30. The molecule has 202 valence electrons. The van der Waals surface area contributed by atoms with E-state index in [1.807, 2.05) is 66.7 Å². The van der Waals surface area contributed by atoms with Gasteiger partial charge in [-0.3, -0.25) is 9.97 Å². The average Bonchev–Trinajstić information content (AvgIpc) is 3.00. The average molecular weight is 530 g/mol. The molecule has 0 atom stereocenters. The predicted octanol–water partition coefficient (Wildman–Crippen LogP) is 4.61. The molecule has 1 aliphatic rings. The van der Waals surface area contributed by atoms with E-state index in [2.05, 4.69) is 9.97 Å². The molecular formula is C30H31N3O6. The van der Waals surface area contributed by atoms with Crippen LogP contribution in [0.4, 0.5) is 0 Å². The number of fused-ring (bicyclic) bond motifs is 1. The number of hydrogen-bond donors (Lipinski definition) is 0. The highest BCUT2D eigenvalue weighted by Gasteiger charge is 2.12. The molecule has 0 spiro atoms. The minimum atomic E-state index is 0.320. The van der Waals surface area contributed by atoms with Gasteiger partial charge in [0.05, 0.1) is 62.4 Å². The maximum atomic E-state index is 6.24. The molecule has 0 amide bonds. The Hall–Kier alpha value is -4.05. The first-order valence-corrected chi connectivity index (χ1v) is 12.9. The summed E-state index contributed by atoms with van der Waals surface area (Å²) >= 11 is 0. The fraction of sp³-hybridized carbons (Fsp3) is 0.300. The number of aromatic nitrogens is 3. The zero-order valence-electron chi connectivity index (χ0n) is 21.7. The first-order valence-electron chi connectivity index (χ1n) is 12.9. The van der Waals surface area contributed by atoms with Crippen LogP contribution in [-0.4, -0.2) is 67.8 Å². The maximum absolute atomic E-state index is 6.24. The van der Waals surface area contributed by atoms with Crippen LogP contribution in [0.1, 0.15) is 5.56 Å². The second kappa shape index (κ2) is 14.2. The summed E-state index contributed by atoms with van der Waals surface area (Å²) in [7, 11) is 0. The summed E-state index contributed by atoms with van der Waals surface area (Å²) in [6.07, 6.45) is 3.49. The van der Waals surface area contributed by atoms with Gasteiger partial charge in [-0.15, -0.1) is 0 Å². The van der Waals surface area contributed by atoms with E-state index in [9.17, 15) is 0 Å². The van der Waals surface area contributed by atoms with Crippen molar-refractivity contribution in [3.05, 3.63) is 84.7 Å². The standard InChI is InChI=1S/C30H31N3O6/c1-3-9-31-25(5-1)27-20-24(21-28(33-27)26-6-2-4-10-32-26)39-22-23-7-8-29-30(19-23)38-18-16-36-14-12-34-11-13-35-15-17-37-29/h1-10,19-21H,11-18,22H2. The molecule has 0 saturated heterocycles. The van der Waals surface area contributed by atoms with Crippen LogP contribution in [0.2, 0.25) is 0 Å². The molecule has 3 aromatic heterocycles. The van der Waals surface area contributed by atoms with Crippen molar-refractivity contribution in [2.75, 3.05) is 52.9 Å². The predicted molar refractivity (Wildman–Crippen MR) is 145 cm³/mol. The molecule has 9 nitrogen and oxygen atoms in total. The van der Waals surface area contributed by atoms with Gasteiger partial charge in [-0.2, -0.15) is 0 Å². The molecule has 0 saturated carbocycles. The van der Waals surface area contributed by atoms with Crippen molar-refractivity contribution in [1.82, 2.24) is 15.0 Å². The molecule has 0 bridgehead atoms. The largest absolute Gasteiger partial charge is 0.489 e. The van der Waals surface area contributed by atoms with E-state index in [0.717, 1.165) is 17.0 Å². The number of ether oxygens (including phenoxy) is 6. The SMILES string of the molecule is c1ccc(-c2cc(OCc3ccc4c(c3)OCCOCCOCCOCCO4)cc(-c3ccccn3)n2)nc1. The molecular weight excluding hydrogens is 498 g/mol. The minimum Gasteiger partial charge on any atom is -0.489 e. The van der Waals surface area contributed by atoms with Crippen LogP contribution in [-0.2, 0) is 20.8 Å². The Balaban J connectivity index is 1.33. The van der Waals surface area contributed by atoms with Gasteiger partial charge in [0.25, 0.3) is 0 Å². The Morgan fingerprint density at radius 3 is 1.69 bits per heavy atom. The molecule has 39 heavy (non-hydrogen) atoms. The summed E-state index contributed by atoms with van der Waals surface area (Å²) in [5, 5.41) is 0. The molecule has 1 aliphatic heterocycles. The van der Waals surface area contributed by atoms with E-state index in [1.54, 1.807) is 12.4 Å². The summed E-state index contributed by atoms with van der Waals surface area (Å²) in [6.45, 7) is 4.11. The molecule has 1 aromatic carbocycles. The van der Waals surface area contributed by atoms with Crippen LogP contribution < -0.4 is 14.2 Å². The Bertz CT molecular complexity index is 1250. The summed E-state index contributed by atoms with van der Waals surface area (Å²) < 4.78 is 34.7. The highest BCUT2D eigenvalue weighted by atomic mass is 16.6. The van der Waals surface area contributed by atoms with Gasteiger partial charge in [0, 0.05) is 24.5 Å². The van der Waals surface area contributed by atoms with Crippen molar-refractivity contribution < 1.29 is 28.4 Å². The maximum Gasteiger partial charge on any atom is 0.161 e. The number of pyridine rings is 3. The molecule has 0 radical (unpaired) electrons. The third-order valence-corrected chi connectivity index (χ3v) is 5.78. The molecule has 4 aromatic rings. The van der Waals surface area contributed by atoms with E-state index in [4.69, 9.17) is 33.4 Å². The van der Waals surface area contributed by atoms with Crippen molar-refractivity contribution in [3.8, 4) is 40.0 Å². The van der Waals surface area contributed by atoms with Crippen molar-refractivity contribution in [3.63, 3.8) is 0 Å². The Kier molecular flexibility index (Phi) is 9.67. The lowest BCUT2D eigenvalue weighted by atomic mass is 10.1. The van der Waals surface area contributed by atoms with Gasteiger partial charge in [-0.1, -0.05) is 18.2 Å². The summed E-state index contributed by atoms with van der Waals surface area (Å²) in [6, 6.07) is 21.0. The van der Waals surface area contributed by atoms with Gasteiger partial charge >= 0.3 is 0 Å². The molecule has 0 fully saturated rings. The lowest BCUT2D eigenvalue weighted by Gasteiger charge is -2.15. The molecule has 9 heteroatoms. The van der Waals surface area contributed by atoms with E-state index >= 15 is 0 Å².